The highest BCUT2D eigenvalue weighted by Crippen LogP contribution is 2.37. The Balaban J connectivity index is 2.34. The zero-order valence-electron chi connectivity index (χ0n) is 8.99. The molecule has 1 aromatic carbocycles. The number of rotatable bonds is 2. The Morgan fingerprint density at radius 2 is 2.33 bits per heavy atom. The number of hydrogen-bond donors (Lipinski definition) is 1. The predicted molar refractivity (Wildman–Crippen MR) is 59.1 cm³/mol. The summed E-state index contributed by atoms with van der Waals surface area (Å²) in [5.74, 6) is 0.940. The molecule has 1 N–H and O–H groups in total. The van der Waals surface area contributed by atoms with Crippen LogP contribution in [0.25, 0.3) is 0 Å². The molecule has 0 radical (unpaired) electrons. The first-order chi connectivity index (χ1) is 7.18. The second kappa shape index (κ2) is 4.05. The van der Waals surface area contributed by atoms with Crippen LogP contribution in [0.5, 0.6) is 5.75 Å². The molecule has 0 saturated carbocycles. The van der Waals surface area contributed by atoms with Crippen LogP contribution in [0.15, 0.2) is 18.2 Å². The number of fused-ring (bicyclic) bond motifs is 1. The minimum atomic E-state index is 0.233. The van der Waals surface area contributed by atoms with Crippen LogP contribution in [0.2, 0.25) is 0 Å². The van der Waals surface area contributed by atoms with E-state index in [1.54, 1.807) is 13.0 Å². The molecule has 2 rings (SSSR count). The normalized spacial score (nSPS) is 19.7. The number of carbonyl (C=O) groups is 1. The summed E-state index contributed by atoms with van der Waals surface area (Å²) in [6.45, 7) is 1.64. The van der Waals surface area contributed by atoms with E-state index >= 15 is 0 Å². The summed E-state index contributed by atoms with van der Waals surface area (Å²) in [4.78, 5) is 11.1. The molecule has 0 amide bonds. The number of hydrogen-bond acceptors (Lipinski definition) is 2. The van der Waals surface area contributed by atoms with Crippen LogP contribution in [-0.2, 0) is 11.2 Å². The van der Waals surface area contributed by atoms with Crippen LogP contribution >= 0.6 is 0 Å². The summed E-state index contributed by atoms with van der Waals surface area (Å²) >= 11 is 0. The van der Waals surface area contributed by atoms with E-state index in [1.807, 2.05) is 12.1 Å². The Hall–Kier alpha value is -1.31. The van der Waals surface area contributed by atoms with Crippen molar-refractivity contribution in [3.63, 3.8) is 0 Å². The van der Waals surface area contributed by atoms with Gasteiger partial charge in [-0.05, 0) is 49.3 Å². The molecule has 80 valence electrons. The molecular weight excluding hydrogens is 188 g/mol. The van der Waals surface area contributed by atoms with Crippen LogP contribution in [0.4, 0.5) is 0 Å². The van der Waals surface area contributed by atoms with Gasteiger partial charge in [0.1, 0.15) is 11.5 Å². The molecule has 2 nitrogen and oxygen atoms in total. The Morgan fingerprint density at radius 1 is 1.53 bits per heavy atom. The van der Waals surface area contributed by atoms with E-state index < -0.39 is 0 Å². The van der Waals surface area contributed by atoms with Gasteiger partial charge < -0.3 is 9.90 Å². The molecule has 0 aromatic heterocycles. The third kappa shape index (κ3) is 2.04. The van der Waals surface area contributed by atoms with Gasteiger partial charge in [-0.25, -0.2) is 0 Å². The van der Waals surface area contributed by atoms with Crippen LogP contribution in [0, 0.1) is 0 Å². The van der Waals surface area contributed by atoms with Crippen molar-refractivity contribution in [2.45, 2.75) is 38.5 Å². The van der Waals surface area contributed by atoms with Crippen molar-refractivity contribution in [1.29, 1.82) is 0 Å². The predicted octanol–water partition coefficient (Wildman–Crippen LogP) is 2.79. The van der Waals surface area contributed by atoms with Gasteiger partial charge in [-0.1, -0.05) is 12.1 Å². The maximum Gasteiger partial charge on any atom is 0.130 e. The van der Waals surface area contributed by atoms with E-state index in [1.165, 1.54) is 5.56 Å². The van der Waals surface area contributed by atoms with Crippen LogP contribution < -0.4 is 0 Å². The van der Waals surface area contributed by atoms with Gasteiger partial charge in [0.25, 0.3) is 0 Å². The second-order valence-corrected chi connectivity index (χ2v) is 4.34. The standard InChI is InChI=1S/C13H16O2/c1-9(14)8-10-4-2-6-12-11(10)5-3-7-13(12)15/h3,5,7,10,15H,2,4,6,8H2,1H3. The molecule has 0 spiro atoms. The number of aromatic hydroxyl groups is 1. The fourth-order valence-corrected chi connectivity index (χ4v) is 2.49. The number of phenols is 1. The number of benzene rings is 1. The van der Waals surface area contributed by atoms with E-state index in [2.05, 4.69) is 0 Å². The van der Waals surface area contributed by atoms with Gasteiger partial charge in [0, 0.05) is 6.42 Å². The average molecular weight is 204 g/mol. The fraction of sp³-hybridized carbons (Fsp3) is 0.462. The zero-order chi connectivity index (χ0) is 10.8. The van der Waals surface area contributed by atoms with Gasteiger partial charge in [-0.15, -0.1) is 0 Å². The van der Waals surface area contributed by atoms with E-state index in [-0.39, 0.29) is 5.78 Å². The Labute approximate surface area is 89.9 Å². The molecule has 0 aliphatic heterocycles. The van der Waals surface area contributed by atoms with Crippen LogP contribution in [0.1, 0.15) is 43.2 Å². The second-order valence-electron chi connectivity index (χ2n) is 4.34. The van der Waals surface area contributed by atoms with Crippen molar-refractivity contribution in [3.05, 3.63) is 29.3 Å². The summed E-state index contributed by atoms with van der Waals surface area (Å²) in [7, 11) is 0. The van der Waals surface area contributed by atoms with Crippen molar-refractivity contribution in [2.24, 2.45) is 0 Å². The summed E-state index contributed by atoms with van der Waals surface area (Å²) in [6.07, 6.45) is 3.69. The van der Waals surface area contributed by atoms with Crippen molar-refractivity contribution in [2.75, 3.05) is 0 Å². The first-order valence-electron chi connectivity index (χ1n) is 5.48. The van der Waals surface area contributed by atoms with Crippen molar-refractivity contribution in [1.82, 2.24) is 0 Å². The summed E-state index contributed by atoms with van der Waals surface area (Å²) < 4.78 is 0. The van der Waals surface area contributed by atoms with Gasteiger partial charge >= 0.3 is 0 Å². The Bertz CT molecular complexity index is 382. The number of Topliss-reactive ketones (excluding diaryl/α,β-unsaturated/α-hetero) is 1. The molecule has 1 aliphatic rings. The molecular formula is C13H16O2. The summed E-state index contributed by atoms with van der Waals surface area (Å²) in [5.41, 5.74) is 2.23. The largest absolute Gasteiger partial charge is 0.508 e. The van der Waals surface area contributed by atoms with Crippen molar-refractivity contribution in [3.8, 4) is 5.75 Å². The highest BCUT2D eigenvalue weighted by atomic mass is 16.3. The third-order valence-electron chi connectivity index (χ3n) is 3.14. The first-order valence-corrected chi connectivity index (χ1v) is 5.48. The topological polar surface area (TPSA) is 37.3 Å². The summed E-state index contributed by atoms with van der Waals surface area (Å²) in [5, 5.41) is 9.72. The van der Waals surface area contributed by atoms with Crippen molar-refractivity contribution < 1.29 is 9.90 Å². The molecule has 0 fully saturated rings. The van der Waals surface area contributed by atoms with Gasteiger partial charge in [0.15, 0.2) is 0 Å². The number of carbonyl (C=O) groups excluding carboxylic acids is 1. The molecule has 2 heteroatoms. The summed E-state index contributed by atoms with van der Waals surface area (Å²) in [6, 6.07) is 5.64. The van der Waals surface area contributed by atoms with E-state index in [0.29, 0.717) is 18.1 Å². The lowest BCUT2D eigenvalue weighted by molar-refractivity contribution is -0.117. The van der Waals surface area contributed by atoms with Crippen molar-refractivity contribution >= 4 is 5.78 Å². The SMILES string of the molecule is CC(=O)CC1CCCc2c(O)cccc21. The van der Waals surface area contributed by atoms with E-state index in [0.717, 1.165) is 24.8 Å². The third-order valence-corrected chi connectivity index (χ3v) is 3.14. The Morgan fingerprint density at radius 3 is 3.07 bits per heavy atom. The van der Waals surface area contributed by atoms with Gasteiger partial charge in [0.2, 0.25) is 0 Å². The van der Waals surface area contributed by atoms with E-state index in [9.17, 15) is 9.90 Å². The zero-order valence-corrected chi connectivity index (χ0v) is 8.99. The Kier molecular flexibility index (Phi) is 2.76. The van der Waals surface area contributed by atoms with Gasteiger partial charge in [-0.3, -0.25) is 0 Å². The van der Waals surface area contributed by atoms with Gasteiger partial charge in [-0.2, -0.15) is 0 Å². The molecule has 1 aromatic rings. The molecule has 1 unspecified atom stereocenters. The first kappa shape index (κ1) is 10.2. The quantitative estimate of drug-likeness (QED) is 0.804. The molecule has 0 heterocycles. The lowest BCUT2D eigenvalue weighted by Crippen LogP contribution is -2.12. The maximum atomic E-state index is 11.1. The molecule has 0 saturated heterocycles. The minimum Gasteiger partial charge on any atom is -0.508 e. The smallest absolute Gasteiger partial charge is 0.130 e. The number of ketones is 1. The molecule has 1 atom stereocenters. The molecule has 1 aliphatic carbocycles. The fourth-order valence-electron chi connectivity index (χ4n) is 2.49. The average Bonchev–Trinajstić information content (AvgIpc) is 2.19. The maximum absolute atomic E-state index is 11.1. The van der Waals surface area contributed by atoms with E-state index in [4.69, 9.17) is 0 Å². The monoisotopic (exact) mass is 204 g/mol. The number of phenolic OH excluding ortho intramolecular Hbond substituents is 1. The molecule has 0 bridgehead atoms. The molecule has 15 heavy (non-hydrogen) atoms. The van der Waals surface area contributed by atoms with Gasteiger partial charge in [0.05, 0.1) is 0 Å². The lowest BCUT2D eigenvalue weighted by Gasteiger charge is -2.25. The minimum absolute atomic E-state index is 0.233. The highest BCUT2D eigenvalue weighted by Gasteiger charge is 2.22. The lowest BCUT2D eigenvalue weighted by atomic mass is 9.80. The van der Waals surface area contributed by atoms with Crippen LogP contribution in [0.3, 0.4) is 0 Å². The van der Waals surface area contributed by atoms with Crippen LogP contribution in [-0.4, -0.2) is 10.9 Å². The highest BCUT2D eigenvalue weighted by molar-refractivity contribution is 5.76.